The van der Waals surface area contributed by atoms with Crippen molar-refractivity contribution in [1.29, 1.82) is 0 Å². The lowest BCUT2D eigenvalue weighted by Gasteiger charge is -2.12. The van der Waals surface area contributed by atoms with Crippen LogP contribution >= 0.6 is 24.0 Å². The molecule has 1 aromatic heterocycles. The Morgan fingerprint density at radius 2 is 1.82 bits per heavy atom. The van der Waals surface area contributed by atoms with Gasteiger partial charge in [-0.15, -0.1) is 24.0 Å². The molecular formula is C21H25FIN5. The molecule has 0 saturated carbocycles. The normalized spacial score (nSPS) is 11.0. The molecule has 0 saturated heterocycles. The molecule has 0 aliphatic rings. The standard InChI is InChI=1S/C21H24FN5.HI/c1-2-23-21(25-15-18-7-4-9-20(22)13-18)24-14-17-6-3-8-19(12-17)16-27-11-5-10-26-27;/h3-13H,2,14-16H2,1H3,(H2,23,24,25);1H. The molecule has 0 radical (unpaired) electrons. The first-order valence-corrected chi connectivity index (χ1v) is 9.05. The van der Waals surface area contributed by atoms with Crippen LogP contribution in [0.15, 0.2) is 72.0 Å². The van der Waals surface area contributed by atoms with E-state index >= 15 is 0 Å². The molecule has 1 heterocycles. The van der Waals surface area contributed by atoms with Crippen LogP contribution in [0.1, 0.15) is 23.6 Å². The molecule has 3 rings (SSSR count). The van der Waals surface area contributed by atoms with E-state index in [1.807, 2.05) is 36.0 Å². The average Bonchev–Trinajstić information content (AvgIpc) is 3.17. The van der Waals surface area contributed by atoms with E-state index in [1.165, 1.54) is 17.7 Å². The zero-order chi connectivity index (χ0) is 18.9. The number of hydrogen-bond acceptors (Lipinski definition) is 2. The molecule has 0 aliphatic heterocycles. The van der Waals surface area contributed by atoms with E-state index < -0.39 is 0 Å². The number of hydrogen-bond donors (Lipinski definition) is 2. The van der Waals surface area contributed by atoms with Crippen molar-refractivity contribution >= 4 is 29.9 Å². The maximum absolute atomic E-state index is 13.3. The predicted molar refractivity (Wildman–Crippen MR) is 121 cm³/mol. The molecule has 0 spiro atoms. The number of aliphatic imine (C=N–C) groups is 1. The first-order valence-electron chi connectivity index (χ1n) is 9.05. The largest absolute Gasteiger partial charge is 0.357 e. The molecule has 5 nitrogen and oxygen atoms in total. The Kier molecular flexibility index (Phi) is 8.93. The Morgan fingerprint density at radius 1 is 1.04 bits per heavy atom. The van der Waals surface area contributed by atoms with Gasteiger partial charge in [0.15, 0.2) is 5.96 Å². The Hall–Kier alpha value is -2.42. The SMILES string of the molecule is CCNC(=NCc1cccc(Cn2cccn2)c1)NCc1cccc(F)c1.I. The van der Waals surface area contributed by atoms with Gasteiger partial charge in [-0.3, -0.25) is 4.68 Å². The van der Waals surface area contributed by atoms with Crippen molar-refractivity contribution in [2.45, 2.75) is 26.6 Å². The summed E-state index contributed by atoms with van der Waals surface area (Å²) in [4.78, 5) is 4.64. The van der Waals surface area contributed by atoms with Crippen molar-refractivity contribution in [1.82, 2.24) is 20.4 Å². The van der Waals surface area contributed by atoms with Crippen LogP contribution in [0.4, 0.5) is 4.39 Å². The zero-order valence-electron chi connectivity index (χ0n) is 15.8. The van der Waals surface area contributed by atoms with E-state index in [1.54, 1.807) is 12.3 Å². The first-order chi connectivity index (χ1) is 13.2. The third-order valence-electron chi connectivity index (χ3n) is 4.01. The van der Waals surface area contributed by atoms with Crippen LogP contribution in [0.5, 0.6) is 0 Å². The molecule has 148 valence electrons. The maximum atomic E-state index is 13.3. The van der Waals surface area contributed by atoms with Gasteiger partial charge in [-0.2, -0.15) is 5.10 Å². The first kappa shape index (κ1) is 21.9. The summed E-state index contributed by atoms with van der Waals surface area (Å²) in [6.45, 7) is 4.59. The molecule has 0 amide bonds. The van der Waals surface area contributed by atoms with Crippen LogP contribution in [0, 0.1) is 5.82 Å². The highest BCUT2D eigenvalue weighted by Crippen LogP contribution is 2.08. The lowest BCUT2D eigenvalue weighted by atomic mass is 10.1. The van der Waals surface area contributed by atoms with Crippen molar-refractivity contribution < 1.29 is 4.39 Å². The topological polar surface area (TPSA) is 54.2 Å². The molecule has 28 heavy (non-hydrogen) atoms. The Bertz CT molecular complexity index is 880. The van der Waals surface area contributed by atoms with Gasteiger partial charge in [0, 0.05) is 25.5 Å². The fourth-order valence-electron chi connectivity index (χ4n) is 2.75. The summed E-state index contributed by atoms with van der Waals surface area (Å²) >= 11 is 0. The van der Waals surface area contributed by atoms with Gasteiger partial charge < -0.3 is 10.6 Å². The van der Waals surface area contributed by atoms with Crippen LogP contribution in [-0.4, -0.2) is 22.3 Å². The summed E-state index contributed by atoms with van der Waals surface area (Å²) in [6.07, 6.45) is 3.73. The van der Waals surface area contributed by atoms with Crippen LogP contribution in [0.25, 0.3) is 0 Å². The van der Waals surface area contributed by atoms with Gasteiger partial charge in [-0.1, -0.05) is 36.4 Å². The zero-order valence-corrected chi connectivity index (χ0v) is 18.1. The minimum atomic E-state index is -0.231. The van der Waals surface area contributed by atoms with Crippen LogP contribution in [-0.2, 0) is 19.6 Å². The number of guanidine groups is 1. The smallest absolute Gasteiger partial charge is 0.191 e. The summed E-state index contributed by atoms with van der Waals surface area (Å²) in [5, 5.41) is 10.7. The van der Waals surface area contributed by atoms with Crippen molar-refractivity contribution in [3.63, 3.8) is 0 Å². The van der Waals surface area contributed by atoms with E-state index in [2.05, 4.69) is 38.9 Å². The average molecular weight is 493 g/mol. The van der Waals surface area contributed by atoms with Gasteiger partial charge >= 0.3 is 0 Å². The molecule has 7 heteroatoms. The lowest BCUT2D eigenvalue weighted by molar-refractivity contribution is 0.624. The molecule has 2 aromatic carbocycles. The minimum absolute atomic E-state index is 0. The molecule has 0 atom stereocenters. The summed E-state index contributed by atoms with van der Waals surface area (Å²) in [5.41, 5.74) is 3.19. The van der Waals surface area contributed by atoms with E-state index in [-0.39, 0.29) is 29.8 Å². The predicted octanol–water partition coefficient (Wildman–Crippen LogP) is 3.94. The molecule has 0 bridgehead atoms. The van der Waals surface area contributed by atoms with Crippen molar-refractivity contribution in [3.8, 4) is 0 Å². The van der Waals surface area contributed by atoms with Gasteiger partial charge in [0.1, 0.15) is 5.82 Å². The number of rotatable bonds is 7. The second-order valence-electron chi connectivity index (χ2n) is 6.20. The fraction of sp³-hybridized carbons (Fsp3) is 0.238. The summed E-state index contributed by atoms with van der Waals surface area (Å²) in [7, 11) is 0. The van der Waals surface area contributed by atoms with Crippen LogP contribution < -0.4 is 10.6 Å². The molecule has 0 aliphatic carbocycles. The lowest BCUT2D eigenvalue weighted by Crippen LogP contribution is -2.36. The van der Waals surface area contributed by atoms with E-state index in [0.29, 0.717) is 19.0 Å². The Balaban J connectivity index is 0.00000280. The monoisotopic (exact) mass is 493 g/mol. The van der Waals surface area contributed by atoms with Crippen molar-refractivity contribution in [2.24, 2.45) is 4.99 Å². The number of nitrogens with zero attached hydrogens (tertiary/aromatic N) is 3. The number of nitrogens with one attached hydrogen (secondary N) is 2. The third kappa shape index (κ3) is 6.95. The van der Waals surface area contributed by atoms with E-state index in [0.717, 1.165) is 24.2 Å². The number of halogens is 2. The summed E-state index contributed by atoms with van der Waals surface area (Å²) in [5.74, 6) is 0.476. The fourth-order valence-corrected chi connectivity index (χ4v) is 2.75. The maximum Gasteiger partial charge on any atom is 0.191 e. The Morgan fingerprint density at radius 3 is 2.57 bits per heavy atom. The van der Waals surface area contributed by atoms with Gasteiger partial charge in [-0.25, -0.2) is 9.38 Å². The van der Waals surface area contributed by atoms with Crippen LogP contribution in [0.2, 0.25) is 0 Å². The van der Waals surface area contributed by atoms with Crippen LogP contribution in [0.3, 0.4) is 0 Å². The highest BCUT2D eigenvalue weighted by Gasteiger charge is 2.01. The van der Waals surface area contributed by atoms with E-state index in [9.17, 15) is 4.39 Å². The molecule has 0 fully saturated rings. The number of aromatic nitrogens is 2. The second kappa shape index (κ2) is 11.4. The highest BCUT2D eigenvalue weighted by molar-refractivity contribution is 14.0. The van der Waals surface area contributed by atoms with Gasteiger partial charge in [0.05, 0.1) is 13.1 Å². The van der Waals surface area contributed by atoms with Crippen molar-refractivity contribution in [2.75, 3.05) is 6.54 Å². The Labute approximate surface area is 182 Å². The quantitative estimate of drug-likeness (QED) is 0.298. The van der Waals surface area contributed by atoms with Crippen molar-refractivity contribution in [3.05, 3.63) is 89.5 Å². The molecule has 2 N–H and O–H groups in total. The van der Waals surface area contributed by atoms with Gasteiger partial charge in [-0.05, 0) is 41.8 Å². The summed E-state index contributed by atoms with van der Waals surface area (Å²) in [6, 6.07) is 16.8. The minimum Gasteiger partial charge on any atom is -0.357 e. The van der Waals surface area contributed by atoms with Gasteiger partial charge in [0.2, 0.25) is 0 Å². The summed E-state index contributed by atoms with van der Waals surface area (Å²) < 4.78 is 15.2. The van der Waals surface area contributed by atoms with Gasteiger partial charge in [0.25, 0.3) is 0 Å². The highest BCUT2D eigenvalue weighted by atomic mass is 127. The number of benzene rings is 2. The third-order valence-corrected chi connectivity index (χ3v) is 4.01. The molecule has 0 unspecified atom stereocenters. The molecular weight excluding hydrogens is 468 g/mol. The van der Waals surface area contributed by atoms with E-state index in [4.69, 9.17) is 0 Å². The molecule has 3 aromatic rings. The second-order valence-corrected chi connectivity index (χ2v) is 6.20.